The molecule has 0 aliphatic heterocycles. The molecule has 1 N–H and O–H groups in total. The van der Waals surface area contributed by atoms with Gasteiger partial charge in [0.25, 0.3) is 5.22 Å². The Balaban J connectivity index is 1.78. The summed E-state index contributed by atoms with van der Waals surface area (Å²) in [5, 5.41) is 10.4. The zero-order chi connectivity index (χ0) is 20.1. The van der Waals surface area contributed by atoms with Gasteiger partial charge in [0.15, 0.2) is 6.61 Å². The van der Waals surface area contributed by atoms with Crippen molar-refractivity contribution in [3.63, 3.8) is 0 Å². The number of carbonyl (C=O) groups is 1. The smallest absolute Gasteiger partial charge is 0.422 e. The average molecular weight is 403 g/mol. The van der Waals surface area contributed by atoms with E-state index in [0.717, 1.165) is 5.56 Å². The van der Waals surface area contributed by atoms with Gasteiger partial charge in [-0.25, -0.2) is 4.79 Å². The number of carbonyl (C=O) groups excluding carboxylic acids is 1. The molecule has 0 saturated heterocycles. The molecule has 0 atom stereocenters. The van der Waals surface area contributed by atoms with E-state index in [1.165, 1.54) is 17.3 Å². The summed E-state index contributed by atoms with van der Waals surface area (Å²) in [6.45, 7) is 4.84. The van der Waals surface area contributed by atoms with Gasteiger partial charge in [0, 0.05) is 17.9 Å². The summed E-state index contributed by atoms with van der Waals surface area (Å²) in [6.07, 6.45) is -5.67. The number of nitrogens with one attached hydrogen (secondary N) is 1. The first kappa shape index (κ1) is 21.1. The Kier molecular flexibility index (Phi) is 6.74. The molecule has 1 heterocycles. The van der Waals surface area contributed by atoms with Crippen molar-refractivity contribution in [2.24, 2.45) is 0 Å². The number of hydrogen-bond donors (Lipinski definition) is 1. The van der Waals surface area contributed by atoms with E-state index >= 15 is 0 Å². The molecular formula is C17H20F3N3O3S. The van der Waals surface area contributed by atoms with Crippen molar-refractivity contribution >= 4 is 17.9 Å². The maximum atomic E-state index is 11.9. The molecule has 0 bridgehead atoms. The van der Waals surface area contributed by atoms with Crippen LogP contribution >= 0.6 is 11.8 Å². The van der Waals surface area contributed by atoms with Crippen molar-refractivity contribution in [2.75, 3.05) is 18.9 Å². The lowest BCUT2D eigenvalue weighted by Crippen LogP contribution is -2.30. The molecule has 1 aromatic heterocycles. The minimum atomic E-state index is -4.54. The maximum absolute atomic E-state index is 11.9. The number of nitrogens with zero attached hydrogens (tertiary/aromatic N) is 2. The molecule has 1 amide bonds. The summed E-state index contributed by atoms with van der Waals surface area (Å²) >= 11 is 1.18. The molecule has 6 nitrogen and oxygen atoms in total. The van der Waals surface area contributed by atoms with Crippen molar-refractivity contribution in [3.8, 4) is 11.5 Å². The first-order valence-corrected chi connectivity index (χ1v) is 9.08. The molecule has 0 spiro atoms. The highest BCUT2D eigenvalue weighted by molar-refractivity contribution is 7.99. The van der Waals surface area contributed by atoms with Gasteiger partial charge in [-0.2, -0.15) is 13.2 Å². The predicted octanol–water partition coefficient (Wildman–Crippen LogP) is 4.41. The number of thioether (sulfide) groups is 1. The van der Waals surface area contributed by atoms with Crippen LogP contribution in [0, 0.1) is 0 Å². The summed E-state index contributed by atoms with van der Waals surface area (Å²) < 4.78 is 45.3. The topological polar surface area (TPSA) is 77.2 Å². The van der Waals surface area contributed by atoms with Crippen LogP contribution in [0.2, 0.25) is 0 Å². The average Bonchev–Trinajstić information content (AvgIpc) is 3.04. The van der Waals surface area contributed by atoms with Gasteiger partial charge in [-0.05, 0) is 23.1 Å². The second kappa shape index (κ2) is 8.64. The normalized spacial score (nSPS) is 12.1. The number of alkyl carbamates (subject to hydrolysis) is 1. The SMILES string of the molecule is CC(C)(C)c1ccc(-c2nnc(SCCNC(=O)OCC(F)(F)F)o2)cc1. The van der Waals surface area contributed by atoms with Gasteiger partial charge in [0.2, 0.25) is 5.89 Å². The quantitative estimate of drug-likeness (QED) is 0.569. The van der Waals surface area contributed by atoms with E-state index in [2.05, 4.69) is 41.0 Å². The van der Waals surface area contributed by atoms with E-state index in [0.29, 0.717) is 16.9 Å². The highest BCUT2D eigenvalue weighted by atomic mass is 32.2. The Bertz CT molecular complexity index is 755. The molecule has 10 heteroatoms. The number of rotatable bonds is 6. The summed E-state index contributed by atoms with van der Waals surface area (Å²) in [7, 11) is 0. The minimum absolute atomic E-state index is 0.0443. The third kappa shape index (κ3) is 7.12. The molecular weight excluding hydrogens is 383 g/mol. The number of hydrogen-bond acceptors (Lipinski definition) is 6. The standard InChI is InChI=1S/C17H20F3N3O3S/c1-16(2,3)12-6-4-11(5-7-12)13-22-23-15(26-13)27-9-8-21-14(24)25-10-17(18,19)20/h4-7H,8-10H2,1-3H3,(H,21,24). The zero-order valence-corrected chi connectivity index (χ0v) is 15.9. The molecule has 0 aliphatic rings. The van der Waals surface area contributed by atoms with Gasteiger partial charge in [-0.15, -0.1) is 10.2 Å². The molecule has 148 valence electrons. The summed E-state index contributed by atoms with van der Waals surface area (Å²) in [6, 6.07) is 7.81. The molecule has 0 radical (unpaired) electrons. The minimum Gasteiger partial charge on any atom is -0.440 e. The third-order valence-corrected chi connectivity index (χ3v) is 4.19. The summed E-state index contributed by atoms with van der Waals surface area (Å²) in [4.78, 5) is 11.1. The first-order valence-electron chi connectivity index (χ1n) is 8.09. The van der Waals surface area contributed by atoms with Crippen molar-refractivity contribution < 1.29 is 27.1 Å². The lowest BCUT2D eigenvalue weighted by molar-refractivity contribution is -0.160. The van der Waals surface area contributed by atoms with E-state index in [9.17, 15) is 18.0 Å². The lowest BCUT2D eigenvalue weighted by Gasteiger charge is -2.18. The van der Waals surface area contributed by atoms with Crippen LogP contribution in [0.3, 0.4) is 0 Å². The number of halogens is 3. The van der Waals surface area contributed by atoms with Crippen LogP contribution in [-0.2, 0) is 10.2 Å². The zero-order valence-electron chi connectivity index (χ0n) is 15.1. The largest absolute Gasteiger partial charge is 0.440 e. The molecule has 0 aliphatic carbocycles. The van der Waals surface area contributed by atoms with E-state index in [4.69, 9.17) is 4.42 Å². The van der Waals surface area contributed by atoms with Gasteiger partial charge in [0.05, 0.1) is 0 Å². The van der Waals surface area contributed by atoms with Crippen LogP contribution in [0.15, 0.2) is 33.9 Å². The van der Waals surface area contributed by atoms with E-state index in [1.807, 2.05) is 24.3 Å². The number of ether oxygens (including phenoxy) is 1. The lowest BCUT2D eigenvalue weighted by atomic mass is 9.87. The van der Waals surface area contributed by atoms with Crippen LogP contribution < -0.4 is 5.32 Å². The molecule has 0 unspecified atom stereocenters. The van der Waals surface area contributed by atoms with E-state index in [1.54, 1.807) is 0 Å². The molecule has 0 fully saturated rings. The van der Waals surface area contributed by atoms with Gasteiger partial charge in [0.1, 0.15) is 0 Å². The Morgan fingerprint density at radius 3 is 2.44 bits per heavy atom. The molecule has 0 saturated carbocycles. The third-order valence-electron chi connectivity index (χ3n) is 3.37. The second-order valence-electron chi connectivity index (χ2n) is 6.67. The van der Waals surface area contributed by atoms with Gasteiger partial charge in [-0.3, -0.25) is 0 Å². The van der Waals surface area contributed by atoms with Crippen LogP contribution in [0.5, 0.6) is 0 Å². The van der Waals surface area contributed by atoms with Crippen LogP contribution in [0.1, 0.15) is 26.3 Å². The highest BCUT2D eigenvalue weighted by Gasteiger charge is 2.29. The fourth-order valence-electron chi connectivity index (χ4n) is 1.99. The van der Waals surface area contributed by atoms with Crippen LogP contribution in [0.25, 0.3) is 11.5 Å². The number of alkyl halides is 3. The highest BCUT2D eigenvalue weighted by Crippen LogP contribution is 2.27. The molecule has 27 heavy (non-hydrogen) atoms. The Hall–Kier alpha value is -2.23. The van der Waals surface area contributed by atoms with Crippen molar-refractivity contribution in [1.82, 2.24) is 15.5 Å². The predicted molar refractivity (Wildman–Crippen MR) is 94.6 cm³/mol. The molecule has 2 aromatic rings. The van der Waals surface area contributed by atoms with Crippen LogP contribution in [0.4, 0.5) is 18.0 Å². The number of aromatic nitrogens is 2. The number of benzene rings is 1. The summed E-state index contributed by atoms with van der Waals surface area (Å²) in [5.74, 6) is 0.710. The molecule has 2 rings (SSSR count). The van der Waals surface area contributed by atoms with Crippen LogP contribution in [-0.4, -0.2) is 41.4 Å². The summed E-state index contributed by atoms with van der Waals surface area (Å²) in [5.41, 5.74) is 2.02. The van der Waals surface area contributed by atoms with E-state index in [-0.39, 0.29) is 12.0 Å². The fraction of sp³-hybridized carbons (Fsp3) is 0.471. The first-order chi connectivity index (χ1) is 12.5. The number of amides is 1. The molecule has 1 aromatic carbocycles. The van der Waals surface area contributed by atoms with Crippen molar-refractivity contribution in [1.29, 1.82) is 0 Å². The fourth-order valence-corrected chi connectivity index (χ4v) is 2.60. The van der Waals surface area contributed by atoms with Crippen molar-refractivity contribution in [2.45, 2.75) is 37.6 Å². The Labute approximate surface area is 158 Å². The Morgan fingerprint density at radius 1 is 1.19 bits per heavy atom. The van der Waals surface area contributed by atoms with Gasteiger partial charge in [-0.1, -0.05) is 44.7 Å². The maximum Gasteiger partial charge on any atom is 0.422 e. The van der Waals surface area contributed by atoms with E-state index < -0.39 is 18.9 Å². The Morgan fingerprint density at radius 2 is 1.85 bits per heavy atom. The van der Waals surface area contributed by atoms with Gasteiger partial charge >= 0.3 is 12.3 Å². The van der Waals surface area contributed by atoms with Crippen molar-refractivity contribution in [3.05, 3.63) is 29.8 Å². The second-order valence-corrected chi connectivity index (χ2v) is 7.71. The van der Waals surface area contributed by atoms with Gasteiger partial charge < -0.3 is 14.5 Å². The monoisotopic (exact) mass is 403 g/mol.